The molecule has 0 radical (unpaired) electrons. The first-order chi connectivity index (χ1) is 8.70. The Morgan fingerprint density at radius 3 is 2.33 bits per heavy atom. The van der Waals surface area contributed by atoms with Crippen LogP contribution in [0.2, 0.25) is 0 Å². The summed E-state index contributed by atoms with van der Waals surface area (Å²) in [7, 11) is 0. The van der Waals surface area contributed by atoms with Crippen LogP contribution in [0, 0.1) is 5.82 Å². The first-order valence-corrected chi connectivity index (χ1v) is 5.25. The molecular formula is C13H10F2N2O. The molecule has 5 heteroatoms. The molecule has 1 N–H and O–H groups in total. The molecule has 2 rings (SSSR count). The predicted molar refractivity (Wildman–Crippen MR) is 63.6 cm³/mol. The maximum atomic E-state index is 13.3. The number of hydrogen-bond donors (Lipinski definition) is 1. The van der Waals surface area contributed by atoms with Crippen molar-refractivity contribution in [3.05, 3.63) is 54.1 Å². The molecule has 1 aromatic carbocycles. The van der Waals surface area contributed by atoms with E-state index in [2.05, 4.69) is 9.97 Å². The fraction of sp³-hybridized carbons (Fsp3) is 0.0769. The molecule has 0 saturated heterocycles. The van der Waals surface area contributed by atoms with Gasteiger partial charge in [0.25, 0.3) is 0 Å². The molecule has 92 valence electrons. The minimum Gasteiger partial charge on any atom is -0.392 e. The number of aromatic nitrogens is 2. The number of benzene rings is 1. The van der Waals surface area contributed by atoms with Crippen LogP contribution < -0.4 is 0 Å². The van der Waals surface area contributed by atoms with Crippen molar-refractivity contribution in [2.75, 3.05) is 6.61 Å². The highest BCUT2D eigenvalue weighted by Crippen LogP contribution is 2.20. The van der Waals surface area contributed by atoms with Gasteiger partial charge in [0.2, 0.25) is 0 Å². The summed E-state index contributed by atoms with van der Waals surface area (Å²) >= 11 is 0. The highest BCUT2D eigenvalue weighted by Gasteiger charge is 2.03. The van der Waals surface area contributed by atoms with E-state index in [9.17, 15) is 8.78 Å². The van der Waals surface area contributed by atoms with E-state index >= 15 is 0 Å². The quantitative estimate of drug-likeness (QED) is 0.908. The molecule has 0 fully saturated rings. The van der Waals surface area contributed by atoms with E-state index in [0.29, 0.717) is 17.0 Å². The van der Waals surface area contributed by atoms with Crippen molar-refractivity contribution in [2.24, 2.45) is 0 Å². The van der Waals surface area contributed by atoms with Crippen molar-refractivity contribution in [3.63, 3.8) is 0 Å². The second kappa shape index (κ2) is 5.46. The number of rotatable bonds is 3. The Kier molecular flexibility index (Phi) is 3.74. The number of hydrogen-bond acceptors (Lipinski definition) is 3. The molecule has 0 spiro atoms. The number of aliphatic hydroxyl groups is 1. The summed E-state index contributed by atoms with van der Waals surface area (Å²) in [5.74, 6) is -0.633. The van der Waals surface area contributed by atoms with Crippen LogP contribution in [0.3, 0.4) is 0 Å². The number of aliphatic hydroxyl groups excluding tert-OH is 1. The standard InChI is InChI=1S/C13H10F2N2O/c14-11-7-16-13(17-8-11)10-3-1-9(2-4-10)12(15)5-6-18/h1-5,7-8,18H,6H2/b12-5-. The average Bonchev–Trinajstić information content (AvgIpc) is 2.40. The first-order valence-electron chi connectivity index (χ1n) is 5.25. The van der Waals surface area contributed by atoms with Crippen LogP contribution in [-0.4, -0.2) is 21.7 Å². The van der Waals surface area contributed by atoms with E-state index in [1.54, 1.807) is 24.3 Å². The van der Waals surface area contributed by atoms with Crippen LogP contribution in [0.25, 0.3) is 17.2 Å². The third kappa shape index (κ3) is 2.75. The van der Waals surface area contributed by atoms with Gasteiger partial charge in [0.05, 0.1) is 19.0 Å². The third-order valence-corrected chi connectivity index (χ3v) is 2.31. The van der Waals surface area contributed by atoms with E-state index in [1.807, 2.05) is 0 Å². The molecule has 18 heavy (non-hydrogen) atoms. The van der Waals surface area contributed by atoms with Gasteiger partial charge in [-0.25, -0.2) is 18.7 Å². The molecule has 0 aliphatic heterocycles. The van der Waals surface area contributed by atoms with Crippen LogP contribution in [0.15, 0.2) is 42.7 Å². The Hall–Kier alpha value is -2.14. The summed E-state index contributed by atoms with van der Waals surface area (Å²) in [6.45, 7) is -0.353. The average molecular weight is 248 g/mol. The van der Waals surface area contributed by atoms with Gasteiger partial charge in [0.15, 0.2) is 11.6 Å². The van der Waals surface area contributed by atoms with Crippen LogP contribution in [0.1, 0.15) is 5.56 Å². The zero-order valence-corrected chi connectivity index (χ0v) is 9.35. The molecular weight excluding hydrogens is 238 g/mol. The van der Waals surface area contributed by atoms with Crippen molar-refractivity contribution < 1.29 is 13.9 Å². The van der Waals surface area contributed by atoms with E-state index in [0.717, 1.165) is 18.5 Å². The molecule has 1 heterocycles. The third-order valence-electron chi connectivity index (χ3n) is 2.31. The molecule has 0 amide bonds. The highest BCUT2D eigenvalue weighted by molar-refractivity contribution is 5.63. The lowest BCUT2D eigenvalue weighted by Crippen LogP contribution is -1.90. The Morgan fingerprint density at radius 1 is 1.17 bits per heavy atom. The van der Waals surface area contributed by atoms with Crippen LogP contribution >= 0.6 is 0 Å². The Bertz CT molecular complexity index is 550. The zero-order valence-electron chi connectivity index (χ0n) is 9.35. The van der Waals surface area contributed by atoms with Gasteiger partial charge in [0.1, 0.15) is 5.83 Å². The fourth-order valence-electron chi connectivity index (χ4n) is 1.44. The molecule has 0 unspecified atom stereocenters. The second-order valence-corrected chi connectivity index (χ2v) is 3.54. The summed E-state index contributed by atoms with van der Waals surface area (Å²) in [5.41, 5.74) is 1.02. The minimum atomic E-state index is -0.507. The lowest BCUT2D eigenvalue weighted by molar-refractivity contribution is 0.342. The summed E-state index contributed by atoms with van der Waals surface area (Å²) in [6.07, 6.45) is 3.22. The van der Waals surface area contributed by atoms with E-state index in [1.165, 1.54) is 0 Å². The SMILES string of the molecule is OC/C=C(\F)c1ccc(-c2ncc(F)cn2)cc1. The molecule has 3 nitrogen and oxygen atoms in total. The maximum absolute atomic E-state index is 13.3. The van der Waals surface area contributed by atoms with Crippen molar-refractivity contribution in [1.82, 2.24) is 9.97 Å². The predicted octanol–water partition coefficient (Wildman–Crippen LogP) is 2.59. The number of nitrogens with zero attached hydrogens (tertiary/aromatic N) is 2. The largest absolute Gasteiger partial charge is 0.392 e. The topological polar surface area (TPSA) is 46.0 Å². The van der Waals surface area contributed by atoms with Gasteiger partial charge >= 0.3 is 0 Å². The van der Waals surface area contributed by atoms with Crippen LogP contribution in [-0.2, 0) is 0 Å². The van der Waals surface area contributed by atoms with Gasteiger partial charge in [-0.2, -0.15) is 0 Å². The number of halogens is 2. The Labute approximate surface area is 102 Å². The summed E-state index contributed by atoms with van der Waals surface area (Å²) < 4.78 is 26.0. The van der Waals surface area contributed by atoms with Gasteiger partial charge < -0.3 is 5.11 Å². The molecule has 0 atom stereocenters. The highest BCUT2D eigenvalue weighted by atomic mass is 19.1. The van der Waals surface area contributed by atoms with Crippen molar-refractivity contribution >= 4 is 5.83 Å². The van der Waals surface area contributed by atoms with Gasteiger partial charge in [-0.1, -0.05) is 24.3 Å². The van der Waals surface area contributed by atoms with Crippen molar-refractivity contribution in [2.45, 2.75) is 0 Å². The van der Waals surface area contributed by atoms with Gasteiger partial charge in [-0.05, 0) is 6.08 Å². The lowest BCUT2D eigenvalue weighted by Gasteiger charge is -2.01. The van der Waals surface area contributed by atoms with E-state index in [-0.39, 0.29) is 6.61 Å². The first kappa shape index (κ1) is 12.3. The van der Waals surface area contributed by atoms with Gasteiger partial charge in [-0.3, -0.25) is 0 Å². The zero-order chi connectivity index (χ0) is 13.0. The van der Waals surface area contributed by atoms with Gasteiger partial charge in [0, 0.05) is 11.1 Å². The normalized spacial score (nSPS) is 11.6. The lowest BCUT2D eigenvalue weighted by atomic mass is 10.1. The van der Waals surface area contributed by atoms with Crippen molar-refractivity contribution in [3.8, 4) is 11.4 Å². The maximum Gasteiger partial charge on any atom is 0.159 e. The van der Waals surface area contributed by atoms with Gasteiger partial charge in [-0.15, -0.1) is 0 Å². The summed E-state index contributed by atoms with van der Waals surface area (Å²) in [6, 6.07) is 6.35. The monoisotopic (exact) mass is 248 g/mol. The smallest absolute Gasteiger partial charge is 0.159 e. The molecule has 2 aromatic rings. The van der Waals surface area contributed by atoms with E-state index < -0.39 is 11.6 Å². The fourth-order valence-corrected chi connectivity index (χ4v) is 1.44. The molecule has 0 bridgehead atoms. The van der Waals surface area contributed by atoms with Crippen LogP contribution in [0.4, 0.5) is 8.78 Å². The molecule has 0 saturated carbocycles. The minimum absolute atomic E-state index is 0.353. The molecule has 1 aromatic heterocycles. The second-order valence-electron chi connectivity index (χ2n) is 3.54. The van der Waals surface area contributed by atoms with Crippen molar-refractivity contribution in [1.29, 1.82) is 0 Å². The summed E-state index contributed by atoms with van der Waals surface area (Å²) in [5, 5.41) is 8.58. The van der Waals surface area contributed by atoms with E-state index in [4.69, 9.17) is 5.11 Å². The Balaban J connectivity index is 2.27. The summed E-state index contributed by atoms with van der Waals surface area (Å²) in [4.78, 5) is 7.65. The Morgan fingerprint density at radius 2 is 1.78 bits per heavy atom. The van der Waals surface area contributed by atoms with Crippen LogP contribution in [0.5, 0.6) is 0 Å². The molecule has 0 aliphatic carbocycles. The molecule has 0 aliphatic rings.